The maximum Gasteiger partial charge on any atom is 0.416 e. The van der Waals surface area contributed by atoms with E-state index in [0.29, 0.717) is 24.4 Å². The molecule has 3 heterocycles. The van der Waals surface area contributed by atoms with Crippen molar-refractivity contribution in [2.75, 3.05) is 13.3 Å². The van der Waals surface area contributed by atoms with Crippen LogP contribution in [-0.4, -0.2) is 33.9 Å². The Balaban J connectivity index is 1.89. The molecule has 1 aliphatic rings. The fourth-order valence-corrected chi connectivity index (χ4v) is 3.87. The molecule has 158 valence electrons. The smallest absolute Gasteiger partial charge is 0.373 e. The predicted molar refractivity (Wildman–Crippen MR) is 105 cm³/mol. The normalized spacial score (nSPS) is 16.9. The molecular formula is C22H21F4N3O. The first kappa shape index (κ1) is 20.5. The van der Waals surface area contributed by atoms with E-state index in [0.717, 1.165) is 28.7 Å². The summed E-state index contributed by atoms with van der Waals surface area (Å²) in [7, 11) is 0. The number of aromatic nitrogens is 3. The molecule has 0 N–H and O–H groups in total. The van der Waals surface area contributed by atoms with Crippen molar-refractivity contribution in [2.24, 2.45) is 0 Å². The van der Waals surface area contributed by atoms with Crippen molar-refractivity contribution in [3.8, 4) is 22.6 Å². The molecule has 30 heavy (non-hydrogen) atoms. The zero-order valence-corrected chi connectivity index (χ0v) is 16.6. The largest absolute Gasteiger partial charge is 0.416 e. The van der Waals surface area contributed by atoms with Gasteiger partial charge in [-0.1, -0.05) is 6.07 Å². The summed E-state index contributed by atoms with van der Waals surface area (Å²) in [5.41, 5.74) is 3.28. The molecule has 0 aliphatic carbocycles. The molecule has 4 rings (SSSR count). The molecule has 0 bridgehead atoms. The van der Waals surface area contributed by atoms with Crippen LogP contribution in [0.1, 0.15) is 22.5 Å². The van der Waals surface area contributed by atoms with Crippen molar-refractivity contribution in [1.29, 1.82) is 0 Å². The van der Waals surface area contributed by atoms with Gasteiger partial charge in [-0.25, -0.2) is 9.37 Å². The number of hydrogen-bond acceptors (Lipinski definition) is 3. The van der Waals surface area contributed by atoms with E-state index in [4.69, 9.17) is 9.72 Å². The number of fused-ring (bicyclic) bond motifs is 1. The Morgan fingerprint density at radius 3 is 2.60 bits per heavy atom. The lowest BCUT2D eigenvalue weighted by Gasteiger charge is -2.15. The predicted octanol–water partition coefficient (Wildman–Crippen LogP) is 5.16. The monoisotopic (exact) mass is 419 g/mol. The summed E-state index contributed by atoms with van der Waals surface area (Å²) in [4.78, 5) is 9.01. The molecule has 8 heteroatoms. The second-order valence-corrected chi connectivity index (χ2v) is 7.45. The van der Waals surface area contributed by atoms with Crippen LogP contribution in [0.3, 0.4) is 0 Å². The van der Waals surface area contributed by atoms with Gasteiger partial charge in [0.25, 0.3) is 0 Å². The molecular weight excluding hydrogens is 398 g/mol. The maximum atomic E-state index is 13.4. The highest BCUT2D eigenvalue weighted by molar-refractivity contribution is 5.69. The highest BCUT2D eigenvalue weighted by atomic mass is 19.4. The first-order valence-electron chi connectivity index (χ1n) is 9.66. The molecule has 1 aliphatic heterocycles. The van der Waals surface area contributed by atoms with E-state index < -0.39 is 24.5 Å². The highest BCUT2D eigenvalue weighted by Gasteiger charge is 2.33. The molecule has 3 aromatic rings. The molecule has 0 spiro atoms. The molecule has 0 unspecified atom stereocenters. The van der Waals surface area contributed by atoms with Crippen LogP contribution >= 0.6 is 0 Å². The van der Waals surface area contributed by atoms with E-state index >= 15 is 0 Å². The summed E-state index contributed by atoms with van der Waals surface area (Å²) in [6.45, 7) is 3.26. The van der Waals surface area contributed by atoms with Gasteiger partial charge in [0.05, 0.1) is 24.4 Å². The van der Waals surface area contributed by atoms with Crippen LogP contribution in [0.5, 0.6) is 0 Å². The first-order valence-corrected chi connectivity index (χ1v) is 9.66. The number of halogens is 4. The lowest BCUT2D eigenvalue weighted by molar-refractivity contribution is -0.138. The molecule has 0 saturated heterocycles. The van der Waals surface area contributed by atoms with Crippen molar-refractivity contribution in [1.82, 2.24) is 14.5 Å². The van der Waals surface area contributed by atoms with E-state index in [2.05, 4.69) is 4.98 Å². The minimum Gasteiger partial charge on any atom is -0.373 e. The standard InChI is InChI=1S/C22H21F4N3O/c1-13-9-16(3-4-18(13)22(24,25)26)21-28-20(15-5-7-27-14(2)10-15)19-6-8-30-17(11-23)12-29(19)21/h3-5,7,9-10,17H,6,8,11-12H2,1-2H3/t17-/m1/s1. The summed E-state index contributed by atoms with van der Waals surface area (Å²) in [6.07, 6.45) is -2.82. The van der Waals surface area contributed by atoms with E-state index in [1.807, 2.05) is 23.6 Å². The van der Waals surface area contributed by atoms with Crippen LogP contribution in [-0.2, 0) is 23.9 Å². The van der Waals surface area contributed by atoms with E-state index in [-0.39, 0.29) is 12.1 Å². The van der Waals surface area contributed by atoms with E-state index in [1.54, 1.807) is 6.20 Å². The zero-order valence-electron chi connectivity index (χ0n) is 16.6. The number of ether oxygens (including phenoxy) is 1. The Morgan fingerprint density at radius 1 is 1.13 bits per heavy atom. The van der Waals surface area contributed by atoms with Crippen molar-refractivity contribution in [2.45, 2.75) is 39.1 Å². The van der Waals surface area contributed by atoms with Crippen LogP contribution in [0.2, 0.25) is 0 Å². The number of hydrogen-bond donors (Lipinski definition) is 0. The van der Waals surface area contributed by atoms with E-state index in [1.165, 1.54) is 19.1 Å². The third-order valence-electron chi connectivity index (χ3n) is 5.28. The van der Waals surface area contributed by atoms with Gasteiger partial charge < -0.3 is 9.30 Å². The summed E-state index contributed by atoms with van der Waals surface area (Å²) >= 11 is 0. The van der Waals surface area contributed by atoms with Crippen molar-refractivity contribution >= 4 is 0 Å². The van der Waals surface area contributed by atoms with Crippen LogP contribution in [0.25, 0.3) is 22.6 Å². The Hall–Kier alpha value is -2.74. The number of nitrogens with zero attached hydrogens (tertiary/aromatic N) is 3. The van der Waals surface area contributed by atoms with Gasteiger partial charge in [-0.15, -0.1) is 0 Å². The van der Waals surface area contributed by atoms with Gasteiger partial charge in [0.1, 0.15) is 18.6 Å². The average Bonchev–Trinajstić information content (AvgIpc) is 2.90. The Labute approximate surface area is 171 Å². The minimum absolute atomic E-state index is 0.116. The number of aryl methyl sites for hydroxylation is 2. The molecule has 1 aromatic carbocycles. The Kier molecular flexibility index (Phi) is 5.36. The minimum atomic E-state index is -4.42. The Bertz CT molecular complexity index is 1070. The van der Waals surface area contributed by atoms with Gasteiger partial charge in [0.15, 0.2) is 0 Å². The van der Waals surface area contributed by atoms with Gasteiger partial charge in [0.2, 0.25) is 0 Å². The molecule has 0 radical (unpaired) electrons. The summed E-state index contributed by atoms with van der Waals surface area (Å²) in [5.74, 6) is 0.509. The lowest BCUT2D eigenvalue weighted by atomic mass is 10.0. The molecule has 0 saturated carbocycles. The molecule has 1 atom stereocenters. The van der Waals surface area contributed by atoms with Crippen LogP contribution in [0, 0.1) is 13.8 Å². The summed E-state index contributed by atoms with van der Waals surface area (Å²) in [6, 6.07) is 7.72. The fraction of sp³-hybridized carbons (Fsp3) is 0.364. The van der Waals surface area contributed by atoms with E-state index in [9.17, 15) is 17.6 Å². The van der Waals surface area contributed by atoms with Gasteiger partial charge in [0, 0.05) is 35.1 Å². The number of alkyl halides is 4. The first-order chi connectivity index (χ1) is 14.3. The SMILES string of the molecule is Cc1cc(-c2nc(-c3ccc(C(F)(F)F)c(C)c3)n3c2CCO[C@H](CF)C3)ccn1. The summed E-state index contributed by atoms with van der Waals surface area (Å²) < 4.78 is 60.5. The quantitative estimate of drug-likeness (QED) is 0.551. The van der Waals surface area contributed by atoms with Gasteiger partial charge in [-0.05, 0) is 43.7 Å². The second kappa shape index (κ2) is 7.83. The van der Waals surface area contributed by atoms with Gasteiger partial charge in [-0.3, -0.25) is 4.98 Å². The fourth-order valence-electron chi connectivity index (χ4n) is 3.87. The second-order valence-electron chi connectivity index (χ2n) is 7.45. The van der Waals surface area contributed by atoms with Crippen LogP contribution in [0.4, 0.5) is 17.6 Å². The van der Waals surface area contributed by atoms with Crippen molar-refractivity contribution in [3.05, 3.63) is 59.0 Å². The Morgan fingerprint density at radius 2 is 1.93 bits per heavy atom. The molecule has 0 amide bonds. The third kappa shape index (κ3) is 3.84. The lowest BCUT2D eigenvalue weighted by Crippen LogP contribution is -2.21. The number of imidazole rings is 1. The van der Waals surface area contributed by atoms with Gasteiger partial charge in [-0.2, -0.15) is 13.2 Å². The average molecular weight is 419 g/mol. The highest BCUT2D eigenvalue weighted by Crippen LogP contribution is 2.36. The number of rotatable bonds is 3. The molecule has 2 aromatic heterocycles. The molecule has 4 nitrogen and oxygen atoms in total. The zero-order chi connectivity index (χ0) is 21.5. The molecule has 0 fully saturated rings. The van der Waals surface area contributed by atoms with Crippen molar-refractivity contribution in [3.63, 3.8) is 0 Å². The number of pyridine rings is 1. The van der Waals surface area contributed by atoms with Crippen LogP contribution in [0.15, 0.2) is 36.5 Å². The van der Waals surface area contributed by atoms with Crippen molar-refractivity contribution < 1.29 is 22.3 Å². The van der Waals surface area contributed by atoms with Gasteiger partial charge >= 0.3 is 6.18 Å². The van der Waals surface area contributed by atoms with Crippen LogP contribution < -0.4 is 0 Å². The topological polar surface area (TPSA) is 39.9 Å². The maximum absolute atomic E-state index is 13.4. The number of benzene rings is 1. The summed E-state index contributed by atoms with van der Waals surface area (Å²) in [5, 5.41) is 0. The third-order valence-corrected chi connectivity index (χ3v) is 5.28.